The van der Waals surface area contributed by atoms with Gasteiger partial charge in [-0.25, -0.2) is 0 Å². The highest BCUT2D eigenvalue weighted by atomic mass is 16.4. The van der Waals surface area contributed by atoms with E-state index < -0.39 is 48.2 Å². The van der Waals surface area contributed by atoms with E-state index in [9.17, 15) is 19.2 Å². The highest BCUT2D eigenvalue weighted by Crippen LogP contribution is 2.19. The zero-order valence-electron chi connectivity index (χ0n) is 14.9. The molecular weight excluding hydrogens is 358 g/mol. The number of hydrogen-bond donors (Lipinski definition) is 7. The summed E-state index contributed by atoms with van der Waals surface area (Å²) in [4.78, 5) is 48.4. The minimum absolute atomic E-state index is 0.201. The lowest BCUT2D eigenvalue weighted by Gasteiger charge is -2.27. The Morgan fingerprint density at radius 1 is 1.26 bits per heavy atom. The Morgan fingerprint density at radius 3 is 2.48 bits per heavy atom. The Labute approximate surface area is 156 Å². The number of carboxylic acid groups (broad SMARTS) is 1. The van der Waals surface area contributed by atoms with Gasteiger partial charge in [0, 0.05) is 13.1 Å². The number of primary amides is 1. The summed E-state index contributed by atoms with van der Waals surface area (Å²) < 4.78 is 0. The number of aliphatic carboxylic acids is 1. The largest absolute Gasteiger partial charge is 0.481 e. The number of carboxylic acids is 1. The molecule has 12 heteroatoms. The fourth-order valence-electron chi connectivity index (χ4n) is 2.87. The molecule has 3 atom stereocenters. The zero-order chi connectivity index (χ0) is 20.6. The number of rotatable bonds is 10. The monoisotopic (exact) mass is 385 g/mol. The summed E-state index contributed by atoms with van der Waals surface area (Å²) in [5.74, 6) is -3.27. The van der Waals surface area contributed by atoms with Crippen LogP contribution in [0.15, 0.2) is 0 Å². The van der Waals surface area contributed by atoms with Crippen molar-refractivity contribution in [2.24, 2.45) is 17.2 Å². The average molecular weight is 385 g/mol. The summed E-state index contributed by atoms with van der Waals surface area (Å²) in [6.45, 7) is 0.626. The van der Waals surface area contributed by atoms with E-state index in [1.165, 1.54) is 4.90 Å². The van der Waals surface area contributed by atoms with E-state index in [0.29, 0.717) is 25.8 Å². The fraction of sp³-hybridized carbons (Fsp3) is 0.667. The number of carbonyl (C=O) groups is 4. The predicted octanol–water partition coefficient (Wildman–Crippen LogP) is -2.99. The zero-order valence-corrected chi connectivity index (χ0v) is 14.9. The molecule has 0 radical (unpaired) electrons. The molecule has 0 aromatic carbocycles. The standard InChI is InChI=1S/C15H27N7O5/c16-8(7-11(23)24)14(27)22-6-2-4-10(22)13(26)21-9(12(17)25)3-1-5-20-15(18)19/h8-10H,1-7,16H2,(H2,17,25)(H,21,26)(H,23,24)(H4,18,19,20)/t8-,9-,10-/m0/s1. The second-order valence-corrected chi connectivity index (χ2v) is 6.34. The van der Waals surface area contributed by atoms with Gasteiger partial charge in [0.1, 0.15) is 12.1 Å². The molecule has 0 aromatic rings. The van der Waals surface area contributed by atoms with Crippen LogP contribution in [0.25, 0.3) is 0 Å². The highest BCUT2D eigenvalue weighted by molar-refractivity contribution is 5.94. The van der Waals surface area contributed by atoms with Crippen LogP contribution >= 0.6 is 0 Å². The molecule has 3 amide bonds. The number of nitrogens with two attached hydrogens (primary N) is 3. The Bertz CT molecular complexity index is 597. The number of nitrogens with zero attached hydrogens (tertiary/aromatic N) is 1. The Kier molecular flexibility index (Phi) is 8.45. The van der Waals surface area contributed by atoms with Gasteiger partial charge in [-0.15, -0.1) is 0 Å². The van der Waals surface area contributed by atoms with E-state index in [4.69, 9.17) is 27.7 Å². The molecule has 152 valence electrons. The Balaban J connectivity index is 2.65. The molecular formula is C15H27N7O5. The molecule has 0 aromatic heterocycles. The van der Waals surface area contributed by atoms with Gasteiger partial charge in [-0.3, -0.25) is 24.6 Å². The molecule has 0 spiro atoms. The lowest BCUT2D eigenvalue weighted by Crippen LogP contribution is -2.55. The third-order valence-corrected chi connectivity index (χ3v) is 4.20. The summed E-state index contributed by atoms with van der Waals surface area (Å²) >= 11 is 0. The molecule has 0 unspecified atom stereocenters. The van der Waals surface area contributed by atoms with Crippen molar-refractivity contribution in [1.82, 2.24) is 15.5 Å². The molecule has 0 bridgehead atoms. The smallest absolute Gasteiger partial charge is 0.305 e. The molecule has 1 aliphatic rings. The van der Waals surface area contributed by atoms with Crippen molar-refractivity contribution in [3.63, 3.8) is 0 Å². The normalized spacial score (nSPS) is 18.4. The maximum Gasteiger partial charge on any atom is 0.305 e. The average Bonchev–Trinajstić information content (AvgIpc) is 3.05. The van der Waals surface area contributed by atoms with E-state index in [1.807, 2.05) is 0 Å². The van der Waals surface area contributed by atoms with Crippen LogP contribution in [0, 0.1) is 5.41 Å². The first-order chi connectivity index (χ1) is 12.6. The molecule has 1 rings (SSSR count). The minimum atomic E-state index is -1.24. The molecule has 0 saturated carbocycles. The van der Waals surface area contributed by atoms with Gasteiger partial charge in [-0.1, -0.05) is 0 Å². The van der Waals surface area contributed by atoms with E-state index >= 15 is 0 Å². The van der Waals surface area contributed by atoms with Gasteiger partial charge in [0.25, 0.3) is 0 Å². The first kappa shape index (κ1) is 22.2. The van der Waals surface area contributed by atoms with Gasteiger partial charge in [-0.05, 0) is 25.7 Å². The van der Waals surface area contributed by atoms with Crippen LogP contribution < -0.4 is 27.8 Å². The summed E-state index contributed by atoms with van der Waals surface area (Å²) in [5, 5.41) is 20.9. The van der Waals surface area contributed by atoms with E-state index in [0.717, 1.165) is 0 Å². The van der Waals surface area contributed by atoms with Gasteiger partial charge in [0.05, 0.1) is 12.5 Å². The van der Waals surface area contributed by atoms with Crippen molar-refractivity contribution in [2.75, 3.05) is 13.1 Å². The molecule has 10 N–H and O–H groups in total. The maximum atomic E-state index is 12.5. The molecule has 1 saturated heterocycles. The van der Waals surface area contributed by atoms with Crippen LogP contribution in [-0.2, 0) is 19.2 Å². The van der Waals surface area contributed by atoms with Gasteiger partial charge >= 0.3 is 5.97 Å². The summed E-state index contributed by atoms with van der Waals surface area (Å²) in [5.41, 5.74) is 16.1. The number of amides is 3. The second-order valence-electron chi connectivity index (χ2n) is 6.34. The van der Waals surface area contributed by atoms with Gasteiger partial charge < -0.3 is 37.8 Å². The molecule has 0 aliphatic carbocycles. The number of nitrogens with one attached hydrogen (secondary N) is 3. The molecule has 12 nitrogen and oxygen atoms in total. The highest BCUT2D eigenvalue weighted by Gasteiger charge is 2.37. The second kappa shape index (κ2) is 10.3. The van der Waals surface area contributed by atoms with Crippen LogP contribution in [0.2, 0.25) is 0 Å². The number of hydrogen-bond acceptors (Lipinski definition) is 6. The fourth-order valence-corrected chi connectivity index (χ4v) is 2.87. The predicted molar refractivity (Wildman–Crippen MR) is 95.2 cm³/mol. The topological polar surface area (TPSA) is 218 Å². The van der Waals surface area contributed by atoms with Crippen molar-refractivity contribution in [3.05, 3.63) is 0 Å². The first-order valence-electron chi connectivity index (χ1n) is 8.59. The van der Waals surface area contributed by atoms with Crippen LogP contribution in [0.5, 0.6) is 0 Å². The lowest BCUT2D eigenvalue weighted by molar-refractivity contribution is -0.144. The van der Waals surface area contributed by atoms with Crippen LogP contribution in [0.3, 0.4) is 0 Å². The lowest BCUT2D eigenvalue weighted by atomic mass is 10.1. The van der Waals surface area contributed by atoms with Crippen molar-refractivity contribution in [3.8, 4) is 0 Å². The first-order valence-corrected chi connectivity index (χ1v) is 8.59. The van der Waals surface area contributed by atoms with Crippen LogP contribution in [0.4, 0.5) is 0 Å². The molecule has 1 heterocycles. The molecule has 1 fully saturated rings. The van der Waals surface area contributed by atoms with Crippen molar-refractivity contribution in [2.45, 2.75) is 50.2 Å². The number of carbonyl (C=O) groups excluding carboxylic acids is 3. The quantitative estimate of drug-likeness (QED) is 0.116. The number of likely N-dealkylation sites (tertiary alicyclic amines) is 1. The SMILES string of the molecule is N=C(N)NCCC[C@H](NC(=O)[C@@H]1CCCN1C(=O)[C@@H](N)CC(=O)O)C(N)=O. The van der Waals surface area contributed by atoms with Crippen molar-refractivity contribution < 1.29 is 24.3 Å². The minimum Gasteiger partial charge on any atom is -0.481 e. The molecule has 27 heavy (non-hydrogen) atoms. The summed E-state index contributed by atoms with van der Waals surface area (Å²) in [7, 11) is 0. The Hall–Kier alpha value is -2.89. The molecule has 1 aliphatic heterocycles. The van der Waals surface area contributed by atoms with Gasteiger partial charge in [-0.2, -0.15) is 0 Å². The van der Waals surface area contributed by atoms with Crippen LogP contribution in [-0.4, -0.2) is 70.9 Å². The van der Waals surface area contributed by atoms with Gasteiger partial charge in [0.15, 0.2) is 5.96 Å². The van der Waals surface area contributed by atoms with E-state index in [-0.39, 0.29) is 18.9 Å². The maximum absolute atomic E-state index is 12.5. The van der Waals surface area contributed by atoms with E-state index in [1.54, 1.807) is 0 Å². The van der Waals surface area contributed by atoms with Gasteiger partial charge in [0.2, 0.25) is 17.7 Å². The summed E-state index contributed by atoms with van der Waals surface area (Å²) in [6, 6.07) is -2.99. The van der Waals surface area contributed by atoms with E-state index in [2.05, 4.69) is 10.6 Å². The third kappa shape index (κ3) is 7.09. The number of guanidine groups is 1. The Morgan fingerprint density at radius 2 is 1.93 bits per heavy atom. The third-order valence-electron chi connectivity index (χ3n) is 4.20. The van der Waals surface area contributed by atoms with Crippen molar-refractivity contribution >= 4 is 29.7 Å². The van der Waals surface area contributed by atoms with Crippen LogP contribution in [0.1, 0.15) is 32.1 Å². The van der Waals surface area contributed by atoms with Crippen molar-refractivity contribution in [1.29, 1.82) is 5.41 Å². The summed E-state index contributed by atoms with van der Waals surface area (Å²) in [6.07, 6.45) is 1.09.